The first-order chi connectivity index (χ1) is 6.86. The smallest absolute Gasteiger partial charge is 0.125 e. The first kappa shape index (κ1) is 12.3. The molecule has 0 amide bonds. The van der Waals surface area contributed by atoms with Gasteiger partial charge in [-0.1, -0.05) is 24.3 Å². The van der Waals surface area contributed by atoms with Crippen molar-refractivity contribution in [3.63, 3.8) is 0 Å². The molecule has 0 N–H and O–H groups in total. The fourth-order valence-electron chi connectivity index (χ4n) is 1.41. The lowest BCUT2D eigenvalue weighted by Gasteiger charge is -2.02. The summed E-state index contributed by atoms with van der Waals surface area (Å²) in [4.78, 5) is 0. The predicted octanol–water partition coefficient (Wildman–Crippen LogP) is 2.25. The van der Waals surface area contributed by atoms with Crippen LogP contribution >= 0.6 is 22.2 Å². The largest absolute Gasteiger partial charge is 0.176 e. The van der Waals surface area contributed by atoms with Crippen molar-refractivity contribution < 1.29 is 0 Å². The summed E-state index contributed by atoms with van der Waals surface area (Å²) in [5.74, 6) is 0. The van der Waals surface area contributed by atoms with E-state index in [1.54, 1.807) is 0 Å². The molecular weight excluding hydrogens is 247 g/mol. The maximum absolute atomic E-state index is 5.78. The van der Waals surface area contributed by atoms with Crippen LogP contribution in [0, 0.1) is 0 Å². The van der Waals surface area contributed by atoms with Crippen molar-refractivity contribution in [2.75, 3.05) is 0 Å². The Bertz CT molecular complexity index is 222. The predicted molar refractivity (Wildman–Crippen MR) is 72.3 cm³/mol. The van der Waals surface area contributed by atoms with Gasteiger partial charge in [-0.25, -0.2) is 0 Å². The van der Waals surface area contributed by atoms with Crippen molar-refractivity contribution in [1.29, 1.82) is 0 Å². The molecule has 0 saturated carbocycles. The molecule has 0 heterocycles. The van der Waals surface area contributed by atoms with Gasteiger partial charge in [-0.3, -0.25) is 0 Å². The minimum absolute atomic E-state index is 0.293. The van der Waals surface area contributed by atoms with E-state index in [4.69, 9.17) is 22.2 Å². The topological polar surface area (TPSA) is 0 Å². The van der Waals surface area contributed by atoms with Crippen LogP contribution in [0.1, 0.15) is 11.1 Å². The SMILES string of the molecule is Cl[SiH2]CCc1ccc(CC[SiH2]Cl)cc1. The molecule has 0 radical (unpaired) electrons. The molecule has 1 rings (SSSR count). The fourth-order valence-corrected chi connectivity index (χ4v) is 3.30. The molecule has 78 valence electrons. The van der Waals surface area contributed by atoms with Gasteiger partial charge in [0, 0.05) is 0 Å². The van der Waals surface area contributed by atoms with Gasteiger partial charge in [0.25, 0.3) is 0 Å². The van der Waals surface area contributed by atoms with E-state index in [1.165, 1.54) is 23.2 Å². The number of hydrogen-bond donors (Lipinski definition) is 0. The lowest BCUT2D eigenvalue weighted by atomic mass is 10.1. The molecule has 1 aromatic carbocycles. The summed E-state index contributed by atoms with van der Waals surface area (Å²) in [6.07, 6.45) is 2.31. The number of halogens is 2. The fraction of sp³-hybridized carbons (Fsp3) is 0.400. The maximum Gasteiger partial charge on any atom is 0.125 e. The second kappa shape index (κ2) is 7.52. The zero-order chi connectivity index (χ0) is 10.2. The van der Waals surface area contributed by atoms with Gasteiger partial charge >= 0.3 is 0 Å². The van der Waals surface area contributed by atoms with Crippen LogP contribution in [-0.4, -0.2) is 17.7 Å². The summed E-state index contributed by atoms with van der Waals surface area (Å²) < 4.78 is 0. The Labute approximate surface area is 100 Å². The highest BCUT2D eigenvalue weighted by atomic mass is 35.6. The van der Waals surface area contributed by atoms with Crippen LogP contribution in [0.25, 0.3) is 0 Å². The van der Waals surface area contributed by atoms with Crippen LogP contribution in [0.5, 0.6) is 0 Å². The van der Waals surface area contributed by atoms with Gasteiger partial charge in [0.05, 0.1) is 0 Å². The van der Waals surface area contributed by atoms with Gasteiger partial charge in [0.2, 0.25) is 0 Å². The van der Waals surface area contributed by atoms with Crippen LogP contribution in [-0.2, 0) is 12.8 Å². The van der Waals surface area contributed by atoms with Gasteiger partial charge in [-0.15, -0.1) is 0 Å². The van der Waals surface area contributed by atoms with Gasteiger partial charge < -0.3 is 0 Å². The quantitative estimate of drug-likeness (QED) is 0.545. The Balaban J connectivity index is 2.42. The molecule has 0 aromatic heterocycles. The molecule has 0 unspecified atom stereocenters. The molecule has 0 bridgehead atoms. The maximum atomic E-state index is 5.78. The van der Waals surface area contributed by atoms with Crippen molar-refractivity contribution in [1.82, 2.24) is 0 Å². The van der Waals surface area contributed by atoms with E-state index in [-0.39, 0.29) is 17.7 Å². The van der Waals surface area contributed by atoms with E-state index in [1.807, 2.05) is 0 Å². The molecule has 1 aromatic rings. The van der Waals surface area contributed by atoms with Crippen LogP contribution in [0.4, 0.5) is 0 Å². The summed E-state index contributed by atoms with van der Waals surface area (Å²) in [5.41, 5.74) is 2.84. The monoisotopic (exact) mass is 262 g/mol. The Morgan fingerprint density at radius 3 is 1.43 bits per heavy atom. The number of benzene rings is 1. The first-order valence-corrected chi connectivity index (χ1v) is 11.3. The van der Waals surface area contributed by atoms with E-state index >= 15 is 0 Å². The Morgan fingerprint density at radius 2 is 1.14 bits per heavy atom. The van der Waals surface area contributed by atoms with Crippen LogP contribution in [0.3, 0.4) is 0 Å². The summed E-state index contributed by atoms with van der Waals surface area (Å²) in [6, 6.07) is 11.3. The molecule has 4 heteroatoms. The van der Waals surface area contributed by atoms with Crippen molar-refractivity contribution in [3.8, 4) is 0 Å². The third kappa shape index (κ3) is 4.64. The Hall–Kier alpha value is 0.234. The second-order valence-corrected chi connectivity index (χ2v) is 7.84. The molecule has 14 heavy (non-hydrogen) atoms. The van der Waals surface area contributed by atoms with Gasteiger partial charge in [-0.2, -0.15) is 22.2 Å². The normalized spacial score (nSPS) is 12.1. The average molecular weight is 263 g/mol. The van der Waals surface area contributed by atoms with E-state index in [0.29, 0.717) is 0 Å². The summed E-state index contributed by atoms with van der Waals surface area (Å²) in [5, 5.41) is 0. The summed E-state index contributed by atoms with van der Waals surface area (Å²) in [6.45, 7) is 0. The van der Waals surface area contributed by atoms with Crippen LogP contribution in [0.15, 0.2) is 24.3 Å². The standard InChI is InChI=1S/C10H16Cl2Si2/c11-13-7-5-9-1-2-10(4-3-9)6-8-14-12/h1-4H,5-8,13-14H2. The number of aryl methyl sites for hydroxylation is 2. The van der Waals surface area contributed by atoms with E-state index in [2.05, 4.69) is 24.3 Å². The Kier molecular flexibility index (Phi) is 6.61. The molecule has 0 aliphatic carbocycles. The van der Waals surface area contributed by atoms with E-state index < -0.39 is 0 Å². The lowest BCUT2D eigenvalue weighted by Crippen LogP contribution is -1.90. The molecule has 0 atom stereocenters. The highest BCUT2D eigenvalue weighted by Gasteiger charge is 1.95. The average Bonchev–Trinajstić information content (AvgIpc) is 2.25. The van der Waals surface area contributed by atoms with E-state index in [0.717, 1.165) is 12.8 Å². The lowest BCUT2D eigenvalue weighted by molar-refractivity contribution is 1.09. The molecule has 0 aliphatic heterocycles. The van der Waals surface area contributed by atoms with Crippen molar-refractivity contribution in [3.05, 3.63) is 35.4 Å². The third-order valence-electron chi connectivity index (χ3n) is 2.22. The zero-order valence-corrected chi connectivity index (χ0v) is 12.6. The number of rotatable bonds is 6. The molecule has 0 nitrogen and oxygen atoms in total. The third-order valence-corrected chi connectivity index (χ3v) is 5.07. The minimum atomic E-state index is -0.293. The number of hydrogen-bond acceptors (Lipinski definition) is 0. The molecule has 0 saturated heterocycles. The van der Waals surface area contributed by atoms with Crippen molar-refractivity contribution in [2.45, 2.75) is 24.9 Å². The summed E-state index contributed by atoms with van der Waals surface area (Å²) >= 11 is 11.6. The minimum Gasteiger partial charge on any atom is -0.176 e. The van der Waals surface area contributed by atoms with Gasteiger partial charge in [0.1, 0.15) is 17.7 Å². The Morgan fingerprint density at radius 1 is 0.786 bits per heavy atom. The molecule has 0 fully saturated rings. The molecule has 0 spiro atoms. The molecule has 0 aliphatic rings. The second-order valence-electron chi connectivity index (χ2n) is 3.40. The molecular formula is C10H16Cl2Si2. The highest BCUT2D eigenvalue weighted by molar-refractivity contribution is 6.93. The van der Waals surface area contributed by atoms with Gasteiger partial charge in [-0.05, 0) is 36.1 Å². The highest BCUT2D eigenvalue weighted by Crippen LogP contribution is 2.09. The van der Waals surface area contributed by atoms with Crippen molar-refractivity contribution >= 4 is 39.8 Å². The van der Waals surface area contributed by atoms with Crippen LogP contribution in [0.2, 0.25) is 12.1 Å². The van der Waals surface area contributed by atoms with Crippen LogP contribution < -0.4 is 0 Å². The van der Waals surface area contributed by atoms with Gasteiger partial charge in [0.15, 0.2) is 0 Å². The van der Waals surface area contributed by atoms with E-state index in [9.17, 15) is 0 Å². The van der Waals surface area contributed by atoms with Crippen molar-refractivity contribution in [2.24, 2.45) is 0 Å². The summed E-state index contributed by atoms with van der Waals surface area (Å²) in [7, 11) is -0.585. The first-order valence-electron chi connectivity index (χ1n) is 5.06. The zero-order valence-electron chi connectivity index (χ0n) is 8.31.